The smallest absolute Gasteiger partial charge is 0.239 e. The van der Waals surface area contributed by atoms with Gasteiger partial charge in [-0.05, 0) is 12.8 Å². The number of hydrogen-bond donors (Lipinski definition) is 1. The van der Waals surface area contributed by atoms with Crippen LogP contribution in [0.4, 0.5) is 0 Å². The number of imide groups is 1. The lowest BCUT2D eigenvalue weighted by Gasteiger charge is -2.24. The Morgan fingerprint density at radius 3 is 2.38 bits per heavy atom. The molecule has 0 aromatic carbocycles. The van der Waals surface area contributed by atoms with Crippen molar-refractivity contribution in [3.8, 4) is 0 Å². The van der Waals surface area contributed by atoms with Crippen LogP contribution in [-0.2, 0) is 9.59 Å². The first-order valence-corrected chi connectivity index (χ1v) is 5.43. The molecule has 0 saturated carbocycles. The summed E-state index contributed by atoms with van der Waals surface area (Å²) in [6.45, 7) is 0.573. The molecule has 1 N–H and O–H groups in total. The molecule has 1 saturated heterocycles. The van der Waals surface area contributed by atoms with Gasteiger partial charge in [0.2, 0.25) is 11.8 Å². The van der Waals surface area contributed by atoms with E-state index in [0.717, 1.165) is 0 Å². The zero-order valence-corrected chi connectivity index (χ0v) is 8.18. The van der Waals surface area contributed by atoms with Crippen molar-refractivity contribution in [1.29, 1.82) is 0 Å². The Hall–Kier alpha value is -0.550. The highest BCUT2D eigenvalue weighted by molar-refractivity contribution is 8.00. The molecule has 0 spiro atoms. The van der Waals surface area contributed by atoms with Crippen molar-refractivity contribution in [2.75, 3.05) is 24.7 Å². The van der Waals surface area contributed by atoms with E-state index < -0.39 is 0 Å². The summed E-state index contributed by atoms with van der Waals surface area (Å²) in [5, 5.41) is 8.54. The predicted molar refractivity (Wildman–Crippen MR) is 50.4 cm³/mol. The van der Waals surface area contributed by atoms with Crippen LogP contribution in [0, 0.1) is 0 Å². The van der Waals surface area contributed by atoms with E-state index >= 15 is 0 Å². The van der Waals surface area contributed by atoms with Gasteiger partial charge in [-0.1, -0.05) is 0 Å². The summed E-state index contributed by atoms with van der Waals surface area (Å²) in [6.07, 6.45) is 1.34. The molecule has 0 unspecified atom stereocenters. The van der Waals surface area contributed by atoms with E-state index in [1.807, 2.05) is 0 Å². The van der Waals surface area contributed by atoms with Gasteiger partial charge in [-0.2, -0.15) is 0 Å². The second-order valence-corrected chi connectivity index (χ2v) is 3.85. The minimum absolute atomic E-state index is 0.0980. The van der Waals surface area contributed by atoms with Crippen LogP contribution in [0.25, 0.3) is 0 Å². The van der Waals surface area contributed by atoms with E-state index in [1.54, 1.807) is 0 Å². The highest BCUT2D eigenvalue weighted by atomic mass is 32.2. The minimum atomic E-state index is -0.0980. The molecule has 13 heavy (non-hydrogen) atoms. The second kappa shape index (κ2) is 5.24. The summed E-state index contributed by atoms with van der Waals surface area (Å²) in [6, 6.07) is 0. The number of aliphatic hydroxyl groups excluding tert-OH is 1. The molecule has 0 bridgehead atoms. The second-order valence-electron chi connectivity index (χ2n) is 2.86. The van der Waals surface area contributed by atoms with Gasteiger partial charge in [0.15, 0.2) is 0 Å². The molecule has 1 aliphatic rings. The van der Waals surface area contributed by atoms with E-state index in [9.17, 15) is 9.59 Å². The first-order chi connectivity index (χ1) is 6.25. The fourth-order valence-corrected chi connectivity index (χ4v) is 1.91. The van der Waals surface area contributed by atoms with Gasteiger partial charge in [0.25, 0.3) is 0 Å². The fraction of sp³-hybridized carbons (Fsp3) is 0.750. The van der Waals surface area contributed by atoms with Gasteiger partial charge in [0.1, 0.15) is 0 Å². The molecule has 5 heteroatoms. The Morgan fingerprint density at radius 1 is 1.23 bits per heavy atom. The molecule has 0 aromatic rings. The van der Waals surface area contributed by atoms with Gasteiger partial charge in [-0.3, -0.25) is 14.5 Å². The lowest BCUT2D eigenvalue weighted by atomic mass is 10.3. The summed E-state index contributed by atoms with van der Waals surface area (Å²) in [5.41, 5.74) is 0. The Balaban J connectivity index is 2.35. The predicted octanol–water partition coefficient (Wildman–Crippen LogP) is -0.139. The topological polar surface area (TPSA) is 57.6 Å². The number of rotatable bonds is 4. The number of thioether (sulfide) groups is 1. The maximum Gasteiger partial charge on any atom is 0.239 e. The molecule has 2 amide bonds. The van der Waals surface area contributed by atoms with Crippen LogP contribution in [0.3, 0.4) is 0 Å². The van der Waals surface area contributed by atoms with E-state index in [0.29, 0.717) is 30.9 Å². The van der Waals surface area contributed by atoms with E-state index in [2.05, 4.69) is 0 Å². The summed E-state index contributed by atoms with van der Waals surface area (Å²) in [4.78, 5) is 23.7. The lowest BCUT2D eigenvalue weighted by molar-refractivity contribution is -0.142. The third-order valence-corrected chi connectivity index (χ3v) is 2.75. The lowest BCUT2D eigenvalue weighted by Crippen LogP contribution is -2.43. The summed E-state index contributed by atoms with van der Waals surface area (Å²) >= 11 is 1.36. The molecule has 1 aliphatic heterocycles. The Bertz CT molecular complexity index is 192. The standard InChI is InChI=1S/C8H13NO3S/c10-4-2-1-3-9-7(11)5-13-6-8(9)12/h10H,1-6H2. The van der Waals surface area contributed by atoms with Gasteiger partial charge in [0.05, 0.1) is 11.5 Å². The first kappa shape index (κ1) is 10.5. The van der Waals surface area contributed by atoms with Crippen molar-refractivity contribution in [2.45, 2.75) is 12.8 Å². The maximum absolute atomic E-state index is 11.2. The first-order valence-electron chi connectivity index (χ1n) is 4.27. The average Bonchev–Trinajstić information content (AvgIpc) is 2.10. The Labute approximate surface area is 81.3 Å². The molecule has 0 radical (unpaired) electrons. The van der Waals surface area contributed by atoms with E-state index in [1.165, 1.54) is 16.7 Å². The number of aliphatic hydroxyl groups is 1. The van der Waals surface area contributed by atoms with Gasteiger partial charge in [-0.25, -0.2) is 0 Å². The zero-order valence-electron chi connectivity index (χ0n) is 7.36. The van der Waals surface area contributed by atoms with Gasteiger partial charge in [0, 0.05) is 13.2 Å². The monoisotopic (exact) mass is 203 g/mol. The third kappa shape index (κ3) is 3.00. The number of nitrogens with zero attached hydrogens (tertiary/aromatic N) is 1. The molecule has 1 heterocycles. The van der Waals surface area contributed by atoms with E-state index in [-0.39, 0.29) is 18.4 Å². The highest BCUT2D eigenvalue weighted by Gasteiger charge is 2.25. The number of hydrogen-bond acceptors (Lipinski definition) is 4. The molecule has 1 fully saturated rings. The number of carbonyl (C=O) groups is 2. The third-order valence-electron chi connectivity index (χ3n) is 1.84. The molecule has 74 valence electrons. The van der Waals surface area contributed by atoms with Crippen molar-refractivity contribution in [3.63, 3.8) is 0 Å². The molecular formula is C8H13NO3S. The summed E-state index contributed by atoms with van der Waals surface area (Å²) in [5.74, 6) is 0.619. The van der Waals surface area contributed by atoms with Gasteiger partial charge in [-0.15, -0.1) is 11.8 Å². The fourth-order valence-electron chi connectivity index (χ4n) is 1.15. The zero-order chi connectivity index (χ0) is 9.68. The van der Waals surface area contributed by atoms with Crippen molar-refractivity contribution < 1.29 is 14.7 Å². The number of unbranched alkanes of at least 4 members (excludes halogenated alkanes) is 1. The molecule has 0 atom stereocenters. The van der Waals surface area contributed by atoms with Gasteiger partial charge < -0.3 is 5.11 Å². The van der Waals surface area contributed by atoms with Crippen LogP contribution >= 0.6 is 11.8 Å². The van der Waals surface area contributed by atoms with Crippen LogP contribution in [0.2, 0.25) is 0 Å². The largest absolute Gasteiger partial charge is 0.396 e. The van der Waals surface area contributed by atoms with E-state index in [4.69, 9.17) is 5.11 Å². The Kier molecular flexibility index (Phi) is 4.24. The van der Waals surface area contributed by atoms with Crippen LogP contribution < -0.4 is 0 Å². The average molecular weight is 203 g/mol. The Morgan fingerprint density at radius 2 is 1.85 bits per heavy atom. The quantitative estimate of drug-likeness (QED) is 0.510. The van der Waals surface area contributed by atoms with Crippen molar-refractivity contribution in [1.82, 2.24) is 4.90 Å². The highest BCUT2D eigenvalue weighted by Crippen LogP contribution is 2.12. The minimum Gasteiger partial charge on any atom is -0.396 e. The molecule has 0 aliphatic carbocycles. The van der Waals surface area contributed by atoms with Crippen molar-refractivity contribution in [2.24, 2.45) is 0 Å². The van der Waals surface area contributed by atoms with Crippen LogP contribution in [0.5, 0.6) is 0 Å². The normalized spacial score (nSPS) is 18.1. The molecule has 4 nitrogen and oxygen atoms in total. The SMILES string of the molecule is O=C1CSCC(=O)N1CCCCO. The van der Waals surface area contributed by atoms with Crippen molar-refractivity contribution in [3.05, 3.63) is 0 Å². The molecule has 0 aromatic heterocycles. The number of amides is 2. The van der Waals surface area contributed by atoms with Crippen LogP contribution in [-0.4, -0.2) is 46.5 Å². The number of carbonyl (C=O) groups excluding carboxylic acids is 2. The van der Waals surface area contributed by atoms with Crippen LogP contribution in [0.15, 0.2) is 0 Å². The van der Waals surface area contributed by atoms with Crippen LogP contribution in [0.1, 0.15) is 12.8 Å². The molecule has 1 rings (SSSR count). The van der Waals surface area contributed by atoms with Gasteiger partial charge >= 0.3 is 0 Å². The molecular weight excluding hydrogens is 190 g/mol. The maximum atomic E-state index is 11.2. The summed E-state index contributed by atoms with van der Waals surface area (Å²) < 4.78 is 0. The van der Waals surface area contributed by atoms with Crippen molar-refractivity contribution >= 4 is 23.6 Å². The summed E-state index contributed by atoms with van der Waals surface area (Å²) in [7, 11) is 0.